The predicted molar refractivity (Wildman–Crippen MR) is 90.9 cm³/mol. The largest absolute Gasteiger partial charge is 0.349 e. The van der Waals surface area contributed by atoms with E-state index in [4.69, 9.17) is 0 Å². The second kappa shape index (κ2) is 7.01. The first-order valence-corrected chi connectivity index (χ1v) is 9.59. The third-order valence-electron chi connectivity index (χ3n) is 4.49. The first kappa shape index (κ1) is 17.9. The zero-order valence-electron chi connectivity index (χ0n) is 14.3. The summed E-state index contributed by atoms with van der Waals surface area (Å²) in [7, 11) is -3.52. The molecule has 1 heterocycles. The van der Waals surface area contributed by atoms with Crippen molar-refractivity contribution in [3.05, 3.63) is 29.3 Å². The van der Waals surface area contributed by atoms with Crippen LogP contribution < -0.4 is 5.32 Å². The maximum atomic E-state index is 12.8. The number of carbonyl (C=O) groups excluding carboxylic acids is 1. The lowest BCUT2D eigenvalue weighted by atomic mass is 10.1. The van der Waals surface area contributed by atoms with Crippen molar-refractivity contribution >= 4 is 15.9 Å². The highest BCUT2D eigenvalue weighted by molar-refractivity contribution is 7.89. The molecule has 0 unspecified atom stereocenters. The summed E-state index contributed by atoms with van der Waals surface area (Å²) in [5.41, 5.74) is 1.06. The molecule has 0 aromatic heterocycles. The number of rotatable bonds is 5. The lowest BCUT2D eigenvalue weighted by Crippen LogP contribution is -2.36. The van der Waals surface area contributed by atoms with Crippen LogP contribution in [0.1, 0.15) is 49.5 Å². The van der Waals surface area contributed by atoms with Crippen LogP contribution in [0.3, 0.4) is 0 Å². The van der Waals surface area contributed by atoms with Gasteiger partial charge in [0.25, 0.3) is 5.91 Å². The van der Waals surface area contributed by atoms with Crippen LogP contribution in [0.2, 0.25) is 0 Å². The second-order valence-electron chi connectivity index (χ2n) is 6.60. The molecule has 1 aromatic carbocycles. The molecule has 1 aliphatic heterocycles. The van der Waals surface area contributed by atoms with Gasteiger partial charge in [0, 0.05) is 24.7 Å². The quantitative estimate of drug-likeness (QED) is 0.897. The number of nitrogens with zero attached hydrogens (tertiary/aromatic N) is 1. The fourth-order valence-electron chi connectivity index (χ4n) is 2.54. The topological polar surface area (TPSA) is 66.5 Å². The Hall–Kier alpha value is -1.40. The van der Waals surface area contributed by atoms with Crippen LogP contribution in [-0.2, 0) is 10.0 Å². The molecule has 2 rings (SSSR count). The van der Waals surface area contributed by atoms with Gasteiger partial charge in [-0.25, -0.2) is 8.42 Å². The van der Waals surface area contributed by atoms with Gasteiger partial charge in [-0.05, 0) is 50.3 Å². The standard InChI is InChI=1S/C17H26N2O3S/c1-12(2)14(4)18-17(20)15-8-7-13(3)16(11-15)23(21,22)19-9-5-6-10-19/h7-8,11-12,14H,5-6,9-10H2,1-4H3,(H,18,20)/t14-/m0/s1. The minimum atomic E-state index is -3.52. The Labute approximate surface area is 139 Å². The van der Waals surface area contributed by atoms with E-state index in [2.05, 4.69) is 5.32 Å². The molecule has 1 amide bonds. The maximum absolute atomic E-state index is 12.8. The predicted octanol–water partition coefficient (Wildman–Crippen LogP) is 2.55. The minimum absolute atomic E-state index is 0.0300. The number of aryl methyl sites for hydroxylation is 1. The number of carbonyl (C=O) groups is 1. The molecule has 1 N–H and O–H groups in total. The van der Waals surface area contributed by atoms with Gasteiger partial charge < -0.3 is 5.32 Å². The van der Waals surface area contributed by atoms with E-state index < -0.39 is 10.0 Å². The van der Waals surface area contributed by atoms with E-state index in [1.807, 2.05) is 20.8 Å². The zero-order chi connectivity index (χ0) is 17.2. The third kappa shape index (κ3) is 3.93. The number of sulfonamides is 1. The Balaban J connectivity index is 2.30. The minimum Gasteiger partial charge on any atom is -0.349 e. The summed E-state index contributed by atoms with van der Waals surface area (Å²) < 4.78 is 27.0. The lowest BCUT2D eigenvalue weighted by Gasteiger charge is -2.19. The molecule has 0 aliphatic carbocycles. The van der Waals surface area contributed by atoms with Gasteiger partial charge in [0.1, 0.15) is 0 Å². The highest BCUT2D eigenvalue weighted by Crippen LogP contribution is 2.24. The van der Waals surface area contributed by atoms with E-state index in [-0.39, 0.29) is 16.8 Å². The zero-order valence-corrected chi connectivity index (χ0v) is 15.1. The normalized spacial score (nSPS) is 17.4. The van der Waals surface area contributed by atoms with Gasteiger partial charge in [-0.15, -0.1) is 0 Å². The number of benzene rings is 1. The monoisotopic (exact) mass is 338 g/mol. The van der Waals surface area contributed by atoms with E-state index in [0.29, 0.717) is 30.1 Å². The van der Waals surface area contributed by atoms with Gasteiger partial charge in [0.2, 0.25) is 10.0 Å². The molecule has 1 aliphatic rings. The Morgan fingerprint density at radius 2 is 1.78 bits per heavy atom. The molecule has 1 fully saturated rings. The summed E-state index contributed by atoms with van der Waals surface area (Å²) in [4.78, 5) is 12.6. The Morgan fingerprint density at radius 3 is 2.35 bits per heavy atom. The first-order chi connectivity index (χ1) is 10.7. The van der Waals surface area contributed by atoms with Gasteiger partial charge in [-0.2, -0.15) is 4.31 Å². The molecular formula is C17H26N2O3S. The Morgan fingerprint density at radius 1 is 1.17 bits per heavy atom. The Bertz CT molecular complexity index is 677. The van der Waals surface area contributed by atoms with E-state index >= 15 is 0 Å². The third-order valence-corrected chi connectivity index (χ3v) is 6.53. The van der Waals surface area contributed by atoms with Crippen LogP contribution in [0.15, 0.2) is 23.1 Å². The number of hydrogen-bond donors (Lipinski definition) is 1. The second-order valence-corrected chi connectivity index (χ2v) is 8.50. The summed E-state index contributed by atoms with van der Waals surface area (Å²) in [5.74, 6) is 0.0845. The molecule has 5 nitrogen and oxygen atoms in total. The van der Waals surface area contributed by atoms with Crippen molar-refractivity contribution in [3.8, 4) is 0 Å². The number of hydrogen-bond acceptors (Lipinski definition) is 3. The molecule has 23 heavy (non-hydrogen) atoms. The first-order valence-electron chi connectivity index (χ1n) is 8.15. The van der Waals surface area contributed by atoms with Crippen LogP contribution in [0.5, 0.6) is 0 Å². The van der Waals surface area contributed by atoms with Crippen molar-refractivity contribution in [3.63, 3.8) is 0 Å². The highest BCUT2D eigenvalue weighted by atomic mass is 32.2. The van der Waals surface area contributed by atoms with Gasteiger partial charge in [0.05, 0.1) is 4.90 Å². The molecular weight excluding hydrogens is 312 g/mol. The van der Waals surface area contributed by atoms with E-state index in [1.54, 1.807) is 19.1 Å². The van der Waals surface area contributed by atoms with Gasteiger partial charge >= 0.3 is 0 Å². The van der Waals surface area contributed by atoms with Crippen molar-refractivity contribution in [2.75, 3.05) is 13.1 Å². The molecule has 1 saturated heterocycles. The number of nitrogens with one attached hydrogen (secondary N) is 1. The van der Waals surface area contributed by atoms with Gasteiger partial charge in [-0.1, -0.05) is 19.9 Å². The van der Waals surface area contributed by atoms with E-state index in [0.717, 1.165) is 12.8 Å². The smallest absolute Gasteiger partial charge is 0.251 e. The molecule has 1 aromatic rings. The number of amides is 1. The van der Waals surface area contributed by atoms with Crippen LogP contribution in [-0.4, -0.2) is 37.8 Å². The average molecular weight is 338 g/mol. The molecule has 6 heteroatoms. The molecule has 128 valence electrons. The fourth-order valence-corrected chi connectivity index (χ4v) is 4.31. The molecule has 0 saturated carbocycles. The summed E-state index contributed by atoms with van der Waals surface area (Å²) in [6.07, 6.45) is 1.79. The molecule has 0 bridgehead atoms. The Kier molecular flexibility index (Phi) is 5.47. The van der Waals surface area contributed by atoms with Crippen LogP contribution in [0.4, 0.5) is 0 Å². The summed E-state index contributed by atoms with van der Waals surface area (Å²) >= 11 is 0. The van der Waals surface area contributed by atoms with E-state index in [9.17, 15) is 13.2 Å². The lowest BCUT2D eigenvalue weighted by molar-refractivity contribution is 0.0930. The summed E-state index contributed by atoms with van der Waals surface area (Å²) in [6.45, 7) is 8.89. The highest BCUT2D eigenvalue weighted by Gasteiger charge is 2.29. The molecule has 0 spiro atoms. The van der Waals surface area contributed by atoms with Gasteiger partial charge in [0.15, 0.2) is 0 Å². The maximum Gasteiger partial charge on any atom is 0.251 e. The molecule has 0 radical (unpaired) electrons. The fraction of sp³-hybridized carbons (Fsp3) is 0.588. The van der Waals surface area contributed by atoms with Crippen molar-refractivity contribution in [1.29, 1.82) is 0 Å². The van der Waals surface area contributed by atoms with Crippen LogP contribution in [0, 0.1) is 12.8 Å². The van der Waals surface area contributed by atoms with Crippen LogP contribution >= 0.6 is 0 Å². The SMILES string of the molecule is Cc1ccc(C(=O)N[C@@H](C)C(C)C)cc1S(=O)(=O)N1CCCC1. The molecule has 1 atom stereocenters. The van der Waals surface area contributed by atoms with Crippen molar-refractivity contribution in [2.24, 2.45) is 5.92 Å². The van der Waals surface area contributed by atoms with Crippen molar-refractivity contribution in [2.45, 2.75) is 51.5 Å². The average Bonchev–Trinajstić information content (AvgIpc) is 3.02. The van der Waals surface area contributed by atoms with Crippen LogP contribution in [0.25, 0.3) is 0 Å². The van der Waals surface area contributed by atoms with Crippen molar-refractivity contribution < 1.29 is 13.2 Å². The van der Waals surface area contributed by atoms with Crippen molar-refractivity contribution in [1.82, 2.24) is 9.62 Å². The summed E-state index contributed by atoms with van der Waals surface area (Å²) in [6, 6.07) is 4.92. The van der Waals surface area contributed by atoms with Gasteiger partial charge in [-0.3, -0.25) is 4.79 Å². The summed E-state index contributed by atoms with van der Waals surface area (Å²) in [5, 5.41) is 2.92. The van der Waals surface area contributed by atoms with E-state index in [1.165, 1.54) is 10.4 Å².